The third-order valence-electron chi connectivity index (χ3n) is 4.68. The van der Waals surface area contributed by atoms with Crippen LogP contribution >= 0.6 is 11.8 Å². The van der Waals surface area contributed by atoms with Crippen LogP contribution in [-0.2, 0) is 11.3 Å². The number of hydrogen-bond acceptors (Lipinski definition) is 6. The van der Waals surface area contributed by atoms with Gasteiger partial charge in [0.15, 0.2) is 0 Å². The monoisotopic (exact) mass is 403 g/mol. The maximum atomic E-state index is 12.8. The summed E-state index contributed by atoms with van der Waals surface area (Å²) in [4.78, 5) is 14.7. The normalized spacial score (nSPS) is 16.6. The van der Waals surface area contributed by atoms with Crippen molar-refractivity contribution in [3.05, 3.63) is 47.5 Å². The minimum absolute atomic E-state index is 0.103. The Kier molecular flexibility index (Phi) is 6.57. The van der Waals surface area contributed by atoms with Crippen molar-refractivity contribution >= 4 is 17.7 Å². The Morgan fingerprint density at radius 2 is 1.64 bits per heavy atom. The summed E-state index contributed by atoms with van der Waals surface area (Å²) in [6.45, 7) is 0.478. The Morgan fingerprint density at radius 1 is 0.964 bits per heavy atom. The zero-order valence-electron chi connectivity index (χ0n) is 16.6. The number of benzene rings is 2. The molecule has 1 aliphatic heterocycles. The van der Waals surface area contributed by atoms with Gasteiger partial charge in [-0.15, -0.1) is 11.8 Å². The lowest BCUT2D eigenvalue weighted by Crippen LogP contribution is -2.37. The van der Waals surface area contributed by atoms with Gasteiger partial charge >= 0.3 is 0 Å². The van der Waals surface area contributed by atoms with Crippen molar-refractivity contribution in [1.29, 1.82) is 0 Å². The molecule has 0 aliphatic carbocycles. The molecule has 0 bridgehead atoms. The van der Waals surface area contributed by atoms with Crippen molar-refractivity contribution in [1.82, 2.24) is 4.90 Å². The SMILES string of the molecule is COc1cccc(CN2C(=O)CCSC2c2c(OC)cc(OC)cc2OC)c1. The van der Waals surface area contributed by atoms with Gasteiger partial charge in [0.05, 0.1) is 34.0 Å². The number of amides is 1. The van der Waals surface area contributed by atoms with Gasteiger partial charge in [0, 0.05) is 30.9 Å². The Hall–Kier alpha value is -2.54. The van der Waals surface area contributed by atoms with Crippen molar-refractivity contribution in [2.45, 2.75) is 18.3 Å². The lowest BCUT2D eigenvalue weighted by molar-refractivity contribution is -0.132. The minimum Gasteiger partial charge on any atom is -0.497 e. The van der Waals surface area contributed by atoms with Crippen molar-refractivity contribution in [2.75, 3.05) is 34.2 Å². The van der Waals surface area contributed by atoms with Gasteiger partial charge in [0.25, 0.3) is 0 Å². The molecule has 0 spiro atoms. The molecular formula is C21H25NO5S. The first-order valence-electron chi connectivity index (χ1n) is 8.95. The van der Waals surface area contributed by atoms with E-state index in [-0.39, 0.29) is 11.3 Å². The first-order chi connectivity index (χ1) is 13.6. The van der Waals surface area contributed by atoms with Gasteiger partial charge in [-0.2, -0.15) is 0 Å². The van der Waals surface area contributed by atoms with E-state index in [1.165, 1.54) is 0 Å². The quantitative estimate of drug-likeness (QED) is 0.699. The highest BCUT2D eigenvalue weighted by atomic mass is 32.2. The molecule has 1 heterocycles. The van der Waals surface area contributed by atoms with Gasteiger partial charge in [0.2, 0.25) is 5.91 Å². The van der Waals surface area contributed by atoms with Crippen LogP contribution in [0.25, 0.3) is 0 Å². The molecule has 1 atom stereocenters. The fourth-order valence-corrected chi connectivity index (χ4v) is 4.56. The van der Waals surface area contributed by atoms with E-state index in [0.717, 1.165) is 22.6 Å². The van der Waals surface area contributed by atoms with E-state index in [4.69, 9.17) is 18.9 Å². The molecule has 1 amide bonds. The molecule has 1 unspecified atom stereocenters. The highest BCUT2D eigenvalue weighted by Crippen LogP contribution is 2.47. The first-order valence-corrected chi connectivity index (χ1v) is 10.00. The average molecular weight is 404 g/mol. The zero-order chi connectivity index (χ0) is 20.1. The molecule has 1 aliphatic rings. The van der Waals surface area contributed by atoms with Crippen molar-refractivity contribution in [3.63, 3.8) is 0 Å². The number of methoxy groups -OCH3 is 4. The summed E-state index contributed by atoms with van der Waals surface area (Å²) >= 11 is 1.70. The summed E-state index contributed by atoms with van der Waals surface area (Å²) in [5.74, 6) is 3.54. The van der Waals surface area contributed by atoms with Crippen molar-refractivity contribution < 1.29 is 23.7 Å². The number of hydrogen-bond donors (Lipinski definition) is 0. The molecule has 28 heavy (non-hydrogen) atoms. The highest BCUT2D eigenvalue weighted by molar-refractivity contribution is 7.99. The standard InChI is InChI=1S/C21H25NO5S/c1-24-15-7-5-6-14(10-15)13-22-19(23)8-9-28-21(22)20-17(26-3)11-16(25-2)12-18(20)27-4/h5-7,10-12,21H,8-9,13H2,1-4H3. The Bertz CT molecular complexity index is 816. The highest BCUT2D eigenvalue weighted by Gasteiger charge is 2.34. The molecule has 0 saturated carbocycles. The molecule has 6 nitrogen and oxygen atoms in total. The number of thioether (sulfide) groups is 1. The topological polar surface area (TPSA) is 57.2 Å². The second kappa shape index (κ2) is 9.10. The predicted octanol–water partition coefficient (Wildman–Crippen LogP) is 3.89. The first kappa shape index (κ1) is 20.2. The number of rotatable bonds is 7. The molecule has 1 fully saturated rings. The largest absolute Gasteiger partial charge is 0.497 e. The van der Waals surface area contributed by atoms with Crippen LogP contribution < -0.4 is 18.9 Å². The molecule has 2 aromatic rings. The number of nitrogens with zero attached hydrogens (tertiary/aromatic N) is 1. The van der Waals surface area contributed by atoms with Gasteiger partial charge in [-0.1, -0.05) is 12.1 Å². The number of carbonyl (C=O) groups is 1. The third kappa shape index (κ3) is 4.14. The predicted molar refractivity (Wildman–Crippen MR) is 109 cm³/mol. The van der Waals surface area contributed by atoms with E-state index in [2.05, 4.69) is 0 Å². The fraction of sp³-hybridized carbons (Fsp3) is 0.381. The summed E-state index contributed by atoms with van der Waals surface area (Å²) in [7, 11) is 6.46. The molecule has 7 heteroatoms. The fourth-order valence-electron chi connectivity index (χ4n) is 3.28. The lowest BCUT2D eigenvalue weighted by Gasteiger charge is -2.36. The van der Waals surface area contributed by atoms with Crippen molar-refractivity contribution in [2.24, 2.45) is 0 Å². The molecule has 150 valence electrons. The van der Waals surface area contributed by atoms with E-state index in [1.807, 2.05) is 41.3 Å². The van der Waals surface area contributed by atoms with Crippen molar-refractivity contribution in [3.8, 4) is 23.0 Å². The molecular weight excluding hydrogens is 378 g/mol. The second-order valence-electron chi connectivity index (χ2n) is 6.29. The van der Waals surface area contributed by atoms with Gasteiger partial charge in [-0.05, 0) is 17.7 Å². The van der Waals surface area contributed by atoms with Crippen LogP contribution in [0.1, 0.15) is 22.9 Å². The van der Waals surface area contributed by atoms with E-state index < -0.39 is 0 Å². The van der Waals surface area contributed by atoms with Crippen LogP contribution in [0, 0.1) is 0 Å². The molecule has 0 aromatic heterocycles. The van der Waals surface area contributed by atoms with Gasteiger partial charge < -0.3 is 23.8 Å². The Labute approximate surface area is 169 Å². The molecule has 2 aromatic carbocycles. The third-order valence-corrected chi connectivity index (χ3v) is 5.93. The van der Waals surface area contributed by atoms with Gasteiger partial charge in [0.1, 0.15) is 28.4 Å². The lowest BCUT2D eigenvalue weighted by atomic mass is 10.1. The summed E-state index contributed by atoms with van der Waals surface area (Å²) in [5, 5.41) is -0.219. The summed E-state index contributed by atoms with van der Waals surface area (Å²) < 4.78 is 21.9. The zero-order valence-corrected chi connectivity index (χ0v) is 17.4. The average Bonchev–Trinajstić information content (AvgIpc) is 2.74. The second-order valence-corrected chi connectivity index (χ2v) is 7.48. The van der Waals surface area contributed by atoms with Crippen LogP contribution in [0.5, 0.6) is 23.0 Å². The molecule has 1 saturated heterocycles. The smallest absolute Gasteiger partial charge is 0.224 e. The number of carbonyl (C=O) groups excluding carboxylic acids is 1. The molecule has 0 N–H and O–H groups in total. The minimum atomic E-state index is -0.219. The molecule has 0 radical (unpaired) electrons. The van der Waals surface area contributed by atoms with Crippen LogP contribution in [0.4, 0.5) is 0 Å². The maximum Gasteiger partial charge on any atom is 0.224 e. The Balaban J connectivity index is 2.01. The van der Waals surface area contributed by atoms with Crippen LogP contribution in [-0.4, -0.2) is 45.0 Å². The van der Waals surface area contributed by atoms with E-state index in [1.54, 1.807) is 40.2 Å². The van der Waals surface area contributed by atoms with Crippen LogP contribution in [0.2, 0.25) is 0 Å². The van der Waals surface area contributed by atoms with Crippen LogP contribution in [0.3, 0.4) is 0 Å². The maximum absolute atomic E-state index is 12.8. The van der Waals surface area contributed by atoms with Gasteiger partial charge in [-0.25, -0.2) is 0 Å². The molecule has 3 rings (SSSR count). The Morgan fingerprint density at radius 3 is 2.25 bits per heavy atom. The van der Waals surface area contributed by atoms with Gasteiger partial charge in [-0.3, -0.25) is 4.79 Å². The summed E-state index contributed by atoms with van der Waals surface area (Å²) in [6.07, 6.45) is 0.506. The summed E-state index contributed by atoms with van der Waals surface area (Å²) in [5.41, 5.74) is 1.85. The van der Waals surface area contributed by atoms with Crippen LogP contribution in [0.15, 0.2) is 36.4 Å². The van der Waals surface area contributed by atoms with E-state index in [0.29, 0.717) is 30.2 Å². The van der Waals surface area contributed by atoms with E-state index >= 15 is 0 Å². The van der Waals surface area contributed by atoms with E-state index in [9.17, 15) is 4.79 Å². The number of ether oxygens (including phenoxy) is 4. The summed E-state index contributed by atoms with van der Waals surface area (Å²) in [6, 6.07) is 11.4.